The van der Waals surface area contributed by atoms with Crippen LogP contribution in [0.2, 0.25) is 0 Å². The predicted octanol–water partition coefficient (Wildman–Crippen LogP) is 4.68. The molecule has 0 aliphatic rings. The molecule has 0 radical (unpaired) electrons. The number of nitrogens with one attached hydrogen (secondary N) is 1. The van der Waals surface area contributed by atoms with Crippen LogP contribution < -0.4 is 0 Å². The molecule has 4 aromatic heterocycles. The molecule has 0 bridgehead atoms. The minimum absolute atomic E-state index is 0.369. The normalized spacial score (nSPS) is 11.2. The van der Waals surface area contributed by atoms with Gasteiger partial charge in [0.1, 0.15) is 17.2 Å². The van der Waals surface area contributed by atoms with Gasteiger partial charge >= 0.3 is 0 Å². The number of pyridine rings is 2. The van der Waals surface area contributed by atoms with E-state index in [0.717, 1.165) is 22.3 Å². The maximum atomic E-state index is 13.4. The Morgan fingerprint density at radius 3 is 2.64 bits per heavy atom. The van der Waals surface area contributed by atoms with Crippen LogP contribution in [0.3, 0.4) is 0 Å². The van der Waals surface area contributed by atoms with Crippen molar-refractivity contribution in [2.24, 2.45) is 0 Å². The Morgan fingerprint density at radius 1 is 0.929 bits per heavy atom. The van der Waals surface area contributed by atoms with Crippen molar-refractivity contribution in [1.29, 1.82) is 0 Å². The fraction of sp³-hybridized carbons (Fsp3) is 0.0455. The van der Waals surface area contributed by atoms with Gasteiger partial charge in [0.25, 0.3) is 0 Å². The second-order valence-electron chi connectivity index (χ2n) is 6.52. The van der Waals surface area contributed by atoms with Gasteiger partial charge < -0.3 is 9.55 Å². The molecule has 0 saturated carbocycles. The largest absolute Gasteiger partial charge is 0.346 e. The minimum Gasteiger partial charge on any atom is -0.346 e. The van der Waals surface area contributed by atoms with Crippen LogP contribution in [-0.2, 0) is 6.54 Å². The van der Waals surface area contributed by atoms with E-state index < -0.39 is 0 Å². The number of halogens is 1. The zero-order valence-electron chi connectivity index (χ0n) is 14.9. The third-order valence-corrected chi connectivity index (χ3v) is 4.72. The van der Waals surface area contributed by atoms with Crippen molar-refractivity contribution in [3.8, 4) is 22.6 Å². The summed E-state index contributed by atoms with van der Waals surface area (Å²) >= 11 is 0. The zero-order chi connectivity index (χ0) is 18.9. The van der Waals surface area contributed by atoms with Crippen molar-refractivity contribution < 1.29 is 4.39 Å². The lowest BCUT2D eigenvalue weighted by molar-refractivity contribution is 0.622. The Labute approximate surface area is 160 Å². The maximum Gasteiger partial charge on any atom is 0.141 e. The van der Waals surface area contributed by atoms with Crippen molar-refractivity contribution >= 4 is 11.0 Å². The molecule has 0 saturated heterocycles. The number of hydrogen-bond donors (Lipinski definition) is 1. The van der Waals surface area contributed by atoms with E-state index >= 15 is 0 Å². The highest BCUT2D eigenvalue weighted by Gasteiger charge is 2.19. The summed E-state index contributed by atoms with van der Waals surface area (Å²) in [4.78, 5) is 16.4. The average Bonchev–Trinajstić information content (AvgIpc) is 3.36. The Bertz CT molecular complexity index is 1240. The minimum atomic E-state index is -0.369. The topological polar surface area (TPSA) is 59.4 Å². The van der Waals surface area contributed by atoms with Gasteiger partial charge in [-0.05, 0) is 29.8 Å². The molecule has 5 aromatic rings. The fourth-order valence-corrected chi connectivity index (χ4v) is 3.44. The SMILES string of the molecule is Fc1ccc(-c2ncn(Cc3ccccc3)c2-c2ccnc3[nH]ccc23)nc1. The molecule has 0 atom stereocenters. The molecule has 1 aromatic carbocycles. The molecule has 1 N–H and O–H groups in total. The summed E-state index contributed by atoms with van der Waals surface area (Å²) in [5, 5.41) is 1.00. The van der Waals surface area contributed by atoms with Crippen LogP contribution in [0.1, 0.15) is 5.56 Å². The van der Waals surface area contributed by atoms with Crippen LogP contribution in [0.25, 0.3) is 33.7 Å². The van der Waals surface area contributed by atoms with E-state index in [1.54, 1.807) is 12.3 Å². The highest BCUT2D eigenvalue weighted by atomic mass is 19.1. The smallest absolute Gasteiger partial charge is 0.141 e. The predicted molar refractivity (Wildman–Crippen MR) is 106 cm³/mol. The van der Waals surface area contributed by atoms with Crippen LogP contribution in [0.5, 0.6) is 0 Å². The summed E-state index contributed by atoms with van der Waals surface area (Å²) in [6, 6.07) is 17.2. The monoisotopic (exact) mass is 369 g/mol. The lowest BCUT2D eigenvalue weighted by Crippen LogP contribution is -2.01. The third-order valence-electron chi connectivity index (χ3n) is 4.72. The Hall–Kier alpha value is -3.80. The number of benzene rings is 1. The van der Waals surface area contributed by atoms with Crippen LogP contribution in [-0.4, -0.2) is 24.5 Å². The van der Waals surface area contributed by atoms with Crippen molar-refractivity contribution in [1.82, 2.24) is 24.5 Å². The first kappa shape index (κ1) is 16.4. The number of fused-ring (bicyclic) bond motifs is 1. The molecule has 6 heteroatoms. The molecule has 0 aliphatic heterocycles. The van der Waals surface area contributed by atoms with Gasteiger partial charge in [-0.3, -0.25) is 4.98 Å². The van der Waals surface area contributed by atoms with Crippen molar-refractivity contribution in [2.45, 2.75) is 6.54 Å². The quantitative estimate of drug-likeness (QED) is 0.501. The van der Waals surface area contributed by atoms with Gasteiger partial charge in [-0.2, -0.15) is 0 Å². The summed E-state index contributed by atoms with van der Waals surface area (Å²) in [6.07, 6.45) is 6.67. The first-order valence-electron chi connectivity index (χ1n) is 8.93. The second-order valence-corrected chi connectivity index (χ2v) is 6.52. The highest BCUT2D eigenvalue weighted by Crippen LogP contribution is 2.34. The van der Waals surface area contributed by atoms with E-state index in [1.165, 1.54) is 17.8 Å². The van der Waals surface area contributed by atoms with E-state index in [4.69, 9.17) is 0 Å². The highest BCUT2D eigenvalue weighted by molar-refractivity contribution is 5.95. The van der Waals surface area contributed by atoms with E-state index in [0.29, 0.717) is 17.9 Å². The Balaban J connectivity index is 1.72. The van der Waals surface area contributed by atoms with E-state index in [-0.39, 0.29) is 5.82 Å². The van der Waals surface area contributed by atoms with Crippen molar-refractivity contribution in [3.05, 3.63) is 90.9 Å². The molecule has 0 unspecified atom stereocenters. The van der Waals surface area contributed by atoms with Gasteiger partial charge in [0.15, 0.2) is 0 Å². The first-order chi connectivity index (χ1) is 13.8. The summed E-state index contributed by atoms with van der Waals surface area (Å²) < 4.78 is 15.5. The van der Waals surface area contributed by atoms with Gasteiger partial charge in [0, 0.05) is 29.9 Å². The molecule has 4 heterocycles. The van der Waals surface area contributed by atoms with E-state index in [9.17, 15) is 4.39 Å². The standard InChI is InChI=1S/C22H16FN5/c23-16-6-7-19(26-12-16)20-21(17-8-10-24-22-18(17)9-11-25-22)28(14-27-20)13-15-4-2-1-3-5-15/h1-12,14H,13H2,(H,24,25). The average molecular weight is 369 g/mol. The first-order valence-corrected chi connectivity index (χ1v) is 8.93. The van der Waals surface area contributed by atoms with Gasteiger partial charge in [-0.1, -0.05) is 30.3 Å². The molecular formula is C22H16FN5. The molecule has 0 amide bonds. The van der Waals surface area contributed by atoms with Gasteiger partial charge in [0.05, 0.1) is 23.9 Å². The summed E-state index contributed by atoms with van der Waals surface area (Å²) in [6.45, 7) is 0.665. The van der Waals surface area contributed by atoms with Gasteiger partial charge in [-0.15, -0.1) is 0 Å². The van der Waals surface area contributed by atoms with E-state index in [1.807, 2.05) is 42.9 Å². The summed E-state index contributed by atoms with van der Waals surface area (Å²) in [5.41, 5.74) is 5.24. The second kappa shape index (κ2) is 6.74. The van der Waals surface area contributed by atoms with Crippen LogP contribution >= 0.6 is 0 Å². The van der Waals surface area contributed by atoms with Crippen molar-refractivity contribution in [2.75, 3.05) is 0 Å². The Morgan fingerprint density at radius 2 is 1.82 bits per heavy atom. The van der Waals surface area contributed by atoms with Crippen LogP contribution in [0.15, 0.2) is 79.5 Å². The molecular weight excluding hydrogens is 353 g/mol. The number of nitrogens with zero attached hydrogens (tertiary/aromatic N) is 4. The number of H-pyrrole nitrogens is 1. The summed E-state index contributed by atoms with van der Waals surface area (Å²) in [7, 11) is 0. The van der Waals surface area contributed by atoms with Crippen LogP contribution in [0, 0.1) is 5.82 Å². The molecule has 0 fully saturated rings. The molecule has 0 spiro atoms. The number of aromatic amines is 1. The molecule has 5 rings (SSSR count). The number of rotatable bonds is 4. The van der Waals surface area contributed by atoms with E-state index in [2.05, 4.69) is 36.6 Å². The lowest BCUT2D eigenvalue weighted by Gasteiger charge is -2.11. The number of aromatic nitrogens is 5. The summed E-state index contributed by atoms with van der Waals surface area (Å²) in [5.74, 6) is -0.369. The zero-order valence-corrected chi connectivity index (χ0v) is 14.9. The maximum absolute atomic E-state index is 13.4. The molecule has 136 valence electrons. The lowest BCUT2D eigenvalue weighted by atomic mass is 10.1. The van der Waals surface area contributed by atoms with Crippen LogP contribution in [0.4, 0.5) is 4.39 Å². The molecule has 28 heavy (non-hydrogen) atoms. The van der Waals surface area contributed by atoms with Gasteiger partial charge in [0.2, 0.25) is 0 Å². The number of hydrogen-bond acceptors (Lipinski definition) is 3. The van der Waals surface area contributed by atoms with Crippen molar-refractivity contribution in [3.63, 3.8) is 0 Å². The molecule has 5 nitrogen and oxygen atoms in total. The number of imidazole rings is 1. The molecule has 0 aliphatic carbocycles. The van der Waals surface area contributed by atoms with Gasteiger partial charge in [-0.25, -0.2) is 14.4 Å². The Kier molecular flexibility index (Phi) is 3.94. The third kappa shape index (κ3) is 2.85. The fourth-order valence-electron chi connectivity index (χ4n) is 3.44.